The zero-order chi connectivity index (χ0) is 15.0. The number of hydrogen-bond donors (Lipinski definition) is 1. The number of halogens is 1. The molecule has 6 heteroatoms. The molecule has 2 aromatic carbocycles. The Bertz CT molecular complexity index is 844. The largest absolute Gasteiger partial charge is 0.398 e. The van der Waals surface area contributed by atoms with Gasteiger partial charge in [0.05, 0.1) is 32.7 Å². The van der Waals surface area contributed by atoms with Crippen molar-refractivity contribution in [1.29, 1.82) is 0 Å². The van der Waals surface area contributed by atoms with Gasteiger partial charge in [-0.05, 0) is 24.3 Å². The molecule has 4 nitrogen and oxygen atoms in total. The Morgan fingerprint density at radius 1 is 1.29 bits per heavy atom. The molecule has 0 aliphatic carbocycles. The van der Waals surface area contributed by atoms with E-state index in [1.54, 1.807) is 4.68 Å². The Hall–Kier alpha value is -2.21. The second-order valence-electron chi connectivity index (χ2n) is 4.76. The molecule has 1 heterocycles. The Balaban J connectivity index is 1.99. The van der Waals surface area contributed by atoms with Gasteiger partial charge in [-0.15, -0.1) is 0 Å². The number of aromatic nitrogens is 2. The van der Waals surface area contributed by atoms with Gasteiger partial charge in [0.2, 0.25) is 0 Å². The lowest BCUT2D eigenvalue weighted by atomic mass is 10.2. The van der Waals surface area contributed by atoms with Crippen LogP contribution in [0.15, 0.2) is 47.4 Å². The third-order valence-electron chi connectivity index (χ3n) is 3.32. The second-order valence-corrected chi connectivity index (χ2v) is 6.18. The van der Waals surface area contributed by atoms with Crippen LogP contribution in [0.1, 0.15) is 5.69 Å². The summed E-state index contributed by atoms with van der Waals surface area (Å²) in [6, 6.07) is 11.6. The summed E-state index contributed by atoms with van der Waals surface area (Å²) in [6.07, 6.45) is 0. The van der Waals surface area contributed by atoms with Gasteiger partial charge in [0, 0.05) is 18.1 Å². The minimum Gasteiger partial charge on any atom is -0.398 e. The number of rotatable bonds is 3. The highest BCUT2D eigenvalue weighted by Gasteiger charge is 2.15. The van der Waals surface area contributed by atoms with E-state index in [1.165, 1.54) is 18.2 Å². The second kappa shape index (κ2) is 5.29. The molecule has 1 atom stereocenters. The monoisotopic (exact) mass is 303 g/mol. The first kappa shape index (κ1) is 13.8. The number of nitrogens with zero attached hydrogens (tertiary/aromatic N) is 2. The van der Waals surface area contributed by atoms with Crippen LogP contribution in [0, 0.1) is 5.82 Å². The van der Waals surface area contributed by atoms with Crippen LogP contribution in [0.3, 0.4) is 0 Å². The zero-order valence-corrected chi connectivity index (χ0v) is 12.2. The Morgan fingerprint density at radius 3 is 2.86 bits per heavy atom. The fourth-order valence-electron chi connectivity index (χ4n) is 2.30. The molecule has 0 radical (unpaired) electrons. The van der Waals surface area contributed by atoms with Crippen LogP contribution < -0.4 is 5.73 Å². The molecule has 0 aliphatic rings. The van der Waals surface area contributed by atoms with E-state index in [4.69, 9.17) is 5.73 Å². The first-order chi connectivity index (χ1) is 10.1. The number of aryl methyl sites for hydroxylation is 1. The highest BCUT2D eigenvalue weighted by Crippen LogP contribution is 2.23. The summed E-state index contributed by atoms with van der Waals surface area (Å²) in [5.74, 6) is -0.243. The van der Waals surface area contributed by atoms with E-state index in [1.807, 2.05) is 31.3 Å². The lowest BCUT2D eigenvalue weighted by Crippen LogP contribution is -2.03. The van der Waals surface area contributed by atoms with Gasteiger partial charge in [0.1, 0.15) is 5.82 Å². The van der Waals surface area contributed by atoms with Crippen molar-refractivity contribution in [3.63, 3.8) is 0 Å². The molecule has 1 unspecified atom stereocenters. The average molecular weight is 303 g/mol. The number of nitrogen functional groups attached to an aromatic ring is 1. The van der Waals surface area contributed by atoms with Gasteiger partial charge in [0.25, 0.3) is 0 Å². The maximum Gasteiger partial charge on any atom is 0.124 e. The standard InChI is InChI=1S/C15H14FN3OS/c1-19-14-5-3-2-4-11(14)13(18-19)9-21(20)15-8-10(16)6-7-12(15)17/h2-8H,9,17H2,1H3. The molecular formula is C15H14FN3OS. The van der Waals surface area contributed by atoms with E-state index in [9.17, 15) is 8.60 Å². The molecule has 2 N–H and O–H groups in total. The normalized spacial score (nSPS) is 12.7. The van der Waals surface area contributed by atoms with Crippen molar-refractivity contribution in [2.24, 2.45) is 7.05 Å². The lowest BCUT2D eigenvalue weighted by Gasteiger charge is -2.05. The molecule has 0 saturated heterocycles. The first-order valence-electron chi connectivity index (χ1n) is 6.40. The summed E-state index contributed by atoms with van der Waals surface area (Å²) in [5.41, 5.74) is 7.79. The van der Waals surface area contributed by atoms with E-state index in [2.05, 4.69) is 5.10 Å². The van der Waals surface area contributed by atoms with Crippen molar-refractivity contribution in [2.75, 3.05) is 5.73 Å². The van der Waals surface area contributed by atoms with E-state index < -0.39 is 16.6 Å². The topological polar surface area (TPSA) is 60.9 Å². The molecule has 0 aliphatic heterocycles. The molecule has 108 valence electrons. The fourth-order valence-corrected chi connectivity index (χ4v) is 3.49. The minimum absolute atomic E-state index is 0.203. The summed E-state index contributed by atoms with van der Waals surface area (Å²) in [6.45, 7) is 0. The number of anilines is 1. The Kier molecular flexibility index (Phi) is 3.47. The third-order valence-corrected chi connectivity index (χ3v) is 4.70. The van der Waals surface area contributed by atoms with Crippen LogP contribution in [0.5, 0.6) is 0 Å². The third kappa shape index (κ3) is 2.54. The number of para-hydroxylation sites is 1. The highest BCUT2D eigenvalue weighted by atomic mass is 32.2. The smallest absolute Gasteiger partial charge is 0.124 e. The molecule has 21 heavy (non-hydrogen) atoms. The maximum absolute atomic E-state index is 13.3. The van der Waals surface area contributed by atoms with Crippen molar-refractivity contribution in [2.45, 2.75) is 10.6 Å². The number of nitrogens with two attached hydrogens (primary N) is 1. The Labute approximate surface area is 123 Å². The molecule has 0 fully saturated rings. The van der Waals surface area contributed by atoms with Crippen LogP contribution in [0.2, 0.25) is 0 Å². The van der Waals surface area contributed by atoms with Crippen molar-refractivity contribution >= 4 is 27.4 Å². The van der Waals surface area contributed by atoms with Crippen molar-refractivity contribution in [3.05, 3.63) is 54.0 Å². The van der Waals surface area contributed by atoms with Crippen molar-refractivity contribution in [1.82, 2.24) is 9.78 Å². The van der Waals surface area contributed by atoms with Gasteiger partial charge in [-0.3, -0.25) is 8.89 Å². The fraction of sp³-hybridized carbons (Fsp3) is 0.133. The Morgan fingerprint density at radius 2 is 2.05 bits per heavy atom. The summed E-state index contributed by atoms with van der Waals surface area (Å²) < 4.78 is 27.5. The quantitative estimate of drug-likeness (QED) is 0.757. The van der Waals surface area contributed by atoms with E-state index in [0.29, 0.717) is 10.6 Å². The van der Waals surface area contributed by atoms with Crippen molar-refractivity contribution in [3.8, 4) is 0 Å². The van der Waals surface area contributed by atoms with Gasteiger partial charge < -0.3 is 5.73 Å². The molecular weight excluding hydrogens is 289 g/mol. The van der Waals surface area contributed by atoms with E-state index in [-0.39, 0.29) is 5.75 Å². The minimum atomic E-state index is -1.44. The summed E-state index contributed by atoms with van der Waals surface area (Å²) in [5, 5.41) is 5.34. The van der Waals surface area contributed by atoms with E-state index >= 15 is 0 Å². The molecule has 3 aromatic rings. The van der Waals surface area contributed by atoms with Crippen LogP contribution in [0.25, 0.3) is 10.9 Å². The number of benzene rings is 2. The number of fused-ring (bicyclic) bond motifs is 1. The van der Waals surface area contributed by atoms with Gasteiger partial charge in [-0.25, -0.2) is 4.39 Å². The first-order valence-corrected chi connectivity index (χ1v) is 7.72. The molecule has 0 spiro atoms. The van der Waals surface area contributed by atoms with Crippen LogP contribution in [-0.2, 0) is 23.6 Å². The SMILES string of the molecule is Cn1nc(CS(=O)c2cc(F)ccc2N)c2ccccc21. The van der Waals surface area contributed by atoms with Gasteiger partial charge in [-0.1, -0.05) is 18.2 Å². The predicted molar refractivity (Wildman–Crippen MR) is 81.6 cm³/mol. The predicted octanol–water partition coefficient (Wildman–Crippen LogP) is 2.60. The summed E-state index contributed by atoms with van der Waals surface area (Å²) >= 11 is 0. The van der Waals surface area contributed by atoms with Crippen LogP contribution in [0.4, 0.5) is 10.1 Å². The molecule has 0 bridgehead atoms. The summed E-state index contributed by atoms with van der Waals surface area (Å²) in [4.78, 5) is 0.310. The van der Waals surface area contributed by atoms with Gasteiger partial charge in [-0.2, -0.15) is 5.10 Å². The average Bonchev–Trinajstić information content (AvgIpc) is 2.78. The summed E-state index contributed by atoms with van der Waals surface area (Å²) in [7, 11) is 0.399. The van der Waals surface area contributed by atoms with E-state index in [0.717, 1.165) is 16.6 Å². The molecule has 3 rings (SSSR count). The molecule has 0 amide bonds. The lowest BCUT2D eigenvalue weighted by molar-refractivity contribution is 0.623. The van der Waals surface area contributed by atoms with Gasteiger partial charge in [0.15, 0.2) is 0 Å². The number of hydrogen-bond acceptors (Lipinski definition) is 3. The molecule has 0 saturated carbocycles. The van der Waals surface area contributed by atoms with Gasteiger partial charge >= 0.3 is 0 Å². The van der Waals surface area contributed by atoms with Crippen LogP contribution >= 0.6 is 0 Å². The van der Waals surface area contributed by atoms with Crippen molar-refractivity contribution < 1.29 is 8.60 Å². The molecule has 1 aromatic heterocycles. The maximum atomic E-state index is 13.3. The van der Waals surface area contributed by atoms with Crippen LogP contribution in [-0.4, -0.2) is 14.0 Å². The zero-order valence-electron chi connectivity index (χ0n) is 11.4. The highest BCUT2D eigenvalue weighted by molar-refractivity contribution is 7.84.